The molecule has 2 unspecified atom stereocenters. The Balaban J connectivity index is 0.00000512. The highest BCUT2D eigenvalue weighted by molar-refractivity contribution is 14.0. The van der Waals surface area contributed by atoms with Crippen LogP contribution in [0.25, 0.3) is 0 Å². The van der Waals surface area contributed by atoms with E-state index in [0.717, 1.165) is 13.0 Å². The van der Waals surface area contributed by atoms with Gasteiger partial charge in [0.1, 0.15) is 5.60 Å². The first-order chi connectivity index (χ1) is 14.6. The van der Waals surface area contributed by atoms with Crippen molar-refractivity contribution < 1.29 is 13.9 Å². The lowest BCUT2D eigenvalue weighted by Crippen LogP contribution is -2.47. The van der Waals surface area contributed by atoms with Crippen molar-refractivity contribution in [1.82, 2.24) is 20.9 Å². The molecular formula is C22H38FIN6O2. The number of ether oxygens (including phenoxy) is 1. The molecule has 2 rings (SSSR count). The molecule has 10 heteroatoms. The number of rotatable bonds is 7. The number of hydrogen-bond donors (Lipinski definition) is 3. The van der Waals surface area contributed by atoms with Crippen LogP contribution >= 0.6 is 24.0 Å². The van der Waals surface area contributed by atoms with Gasteiger partial charge in [0.2, 0.25) is 0 Å². The molecule has 1 fully saturated rings. The monoisotopic (exact) mass is 564 g/mol. The van der Waals surface area contributed by atoms with Gasteiger partial charge in [-0.05, 0) is 52.2 Å². The van der Waals surface area contributed by atoms with Gasteiger partial charge in [0.25, 0.3) is 0 Å². The summed E-state index contributed by atoms with van der Waals surface area (Å²) in [6, 6.07) is 2.98. The average molecular weight is 564 g/mol. The predicted molar refractivity (Wildman–Crippen MR) is 137 cm³/mol. The molecule has 1 amide bonds. The van der Waals surface area contributed by atoms with Gasteiger partial charge in [-0.2, -0.15) is 0 Å². The largest absolute Gasteiger partial charge is 0.444 e. The lowest BCUT2D eigenvalue weighted by atomic mass is 10.1. The van der Waals surface area contributed by atoms with Crippen molar-refractivity contribution in [3.05, 3.63) is 24.1 Å². The summed E-state index contributed by atoms with van der Waals surface area (Å²) in [6.45, 7) is 14.1. The molecule has 1 aliphatic rings. The van der Waals surface area contributed by atoms with Crippen molar-refractivity contribution in [2.45, 2.75) is 65.6 Å². The van der Waals surface area contributed by atoms with E-state index in [9.17, 15) is 9.18 Å². The molecule has 0 radical (unpaired) electrons. The van der Waals surface area contributed by atoms with E-state index in [1.165, 1.54) is 6.07 Å². The van der Waals surface area contributed by atoms with Gasteiger partial charge in [0.15, 0.2) is 17.6 Å². The molecule has 0 saturated carbocycles. The van der Waals surface area contributed by atoms with E-state index >= 15 is 0 Å². The Morgan fingerprint density at radius 1 is 1.41 bits per heavy atom. The van der Waals surface area contributed by atoms with Gasteiger partial charge in [-0.25, -0.2) is 14.2 Å². The minimum absolute atomic E-state index is 0. The first-order valence-electron chi connectivity index (χ1n) is 11.0. The van der Waals surface area contributed by atoms with E-state index < -0.39 is 11.7 Å². The zero-order valence-electron chi connectivity index (χ0n) is 19.9. The number of aliphatic imine (C=N–C) groups is 1. The topological polar surface area (TPSA) is 90.9 Å². The number of aromatic nitrogens is 1. The number of amides is 1. The molecule has 0 aromatic carbocycles. The fourth-order valence-corrected chi connectivity index (χ4v) is 3.27. The Hall–Kier alpha value is -1.85. The fraction of sp³-hybridized carbons (Fsp3) is 0.682. The first-order valence-corrected chi connectivity index (χ1v) is 11.0. The third kappa shape index (κ3) is 9.33. The molecule has 32 heavy (non-hydrogen) atoms. The van der Waals surface area contributed by atoms with Crippen molar-refractivity contribution >= 4 is 41.8 Å². The maximum Gasteiger partial charge on any atom is 0.407 e. The number of nitrogens with zero attached hydrogens (tertiary/aromatic N) is 3. The van der Waals surface area contributed by atoms with Gasteiger partial charge in [-0.15, -0.1) is 24.0 Å². The van der Waals surface area contributed by atoms with Crippen LogP contribution < -0.4 is 20.9 Å². The van der Waals surface area contributed by atoms with Crippen molar-refractivity contribution in [3.8, 4) is 0 Å². The summed E-state index contributed by atoms with van der Waals surface area (Å²) in [5, 5.41) is 9.59. The van der Waals surface area contributed by atoms with Gasteiger partial charge in [0.05, 0.1) is 12.6 Å². The van der Waals surface area contributed by atoms with Gasteiger partial charge in [-0.1, -0.05) is 13.8 Å². The van der Waals surface area contributed by atoms with Crippen molar-refractivity contribution in [2.24, 2.45) is 10.9 Å². The van der Waals surface area contributed by atoms with Crippen LogP contribution in [0.4, 0.5) is 15.0 Å². The minimum Gasteiger partial charge on any atom is -0.444 e. The number of hydrogen-bond acceptors (Lipinski definition) is 5. The van der Waals surface area contributed by atoms with Crippen LogP contribution in [-0.2, 0) is 4.74 Å². The highest BCUT2D eigenvalue weighted by atomic mass is 127. The molecule has 1 aliphatic heterocycles. The zero-order chi connectivity index (χ0) is 23.0. The lowest BCUT2D eigenvalue weighted by Gasteiger charge is -2.25. The summed E-state index contributed by atoms with van der Waals surface area (Å²) in [4.78, 5) is 23.0. The number of nitrogens with one attached hydrogen (secondary N) is 3. The number of halogens is 2. The molecule has 3 N–H and O–H groups in total. The van der Waals surface area contributed by atoms with Crippen LogP contribution in [0.5, 0.6) is 0 Å². The molecule has 8 nitrogen and oxygen atoms in total. The summed E-state index contributed by atoms with van der Waals surface area (Å²) < 4.78 is 19.4. The molecular weight excluding hydrogens is 526 g/mol. The normalized spacial score (nSPS) is 17.6. The molecule has 1 saturated heterocycles. The second-order valence-corrected chi connectivity index (χ2v) is 9.10. The SMILES string of the molecule is CCNC(=NCC(NC(=O)OC(C)(C)C)C(C)C)NC1CCN(c2ncccc2F)C1.I. The Morgan fingerprint density at radius 2 is 2.12 bits per heavy atom. The van der Waals surface area contributed by atoms with Crippen molar-refractivity contribution in [3.63, 3.8) is 0 Å². The Morgan fingerprint density at radius 3 is 2.72 bits per heavy atom. The summed E-state index contributed by atoms with van der Waals surface area (Å²) in [5.41, 5.74) is -0.549. The number of guanidine groups is 1. The van der Waals surface area contributed by atoms with Crippen LogP contribution in [0.2, 0.25) is 0 Å². The summed E-state index contributed by atoms with van der Waals surface area (Å²) in [6.07, 6.45) is 2.02. The summed E-state index contributed by atoms with van der Waals surface area (Å²) in [5.74, 6) is 0.938. The first kappa shape index (κ1) is 28.2. The van der Waals surface area contributed by atoms with Gasteiger partial charge in [-0.3, -0.25) is 4.99 Å². The third-order valence-corrected chi connectivity index (χ3v) is 4.86. The molecule has 182 valence electrons. The van der Waals surface area contributed by atoms with E-state index in [2.05, 4.69) is 25.9 Å². The Labute approximate surface area is 208 Å². The smallest absolute Gasteiger partial charge is 0.407 e. The summed E-state index contributed by atoms with van der Waals surface area (Å²) in [7, 11) is 0. The quantitative estimate of drug-likeness (QED) is 0.267. The molecule has 1 aromatic rings. The molecule has 0 aliphatic carbocycles. The standard InChI is InChI=1S/C22H37FN6O2.HI/c1-7-24-20(26-13-18(15(2)3)28-21(30)31-22(4,5)6)27-16-10-12-29(14-16)19-17(23)9-8-11-25-19;/h8-9,11,15-16,18H,7,10,12-14H2,1-6H3,(H,28,30)(H2,24,26,27);1H. The van der Waals surface area contributed by atoms with Crippen LogP contribution in [0, 0.1) is 11.7 Å². The number of carbonyl (C=O) groups is 1. The maximum atomic E-state index is 14.0. The van der Waals surface area contributed by atoms with E-state index in [-0.39, 0.29) is 47.8 Å². The second kappa shape index (κ2) is 13.0. The lowest BCUT2D eigenvalue weighted by molar-refractivity contribution is 0.0493. The van der Waals surface area contributed by atoms with Gasteiger partial charge >= 0.3 is 6.09 Å². The Bertz CT molecular complexity index is 756. The highest BCUT2D eigenvalue weighted by Gasteiger charge is 2.26. The fourth-order valence-electron chi connectivity index (χ4n) is 3.27. The van der Waals surface area contributed by atoms with E-state index in [1.54, 1.807) is 12.3 Å². The van der Waals surface area contributed by atoms with E-state index in [4.69, 9.17) is 4.74 Å². The molecule has 1 aromatic heterocycles. The van der Waals surface area contributed by atoms with Crippen molar-refractivity contribution in [1.29, 1.82) is 0 Å². The van der Waals surface area contributed by atoms with Crippen LogP contribution in [0.3, 0.4) is 0 Å². The molecule has 2 atom stereocenters. The van der Waals surface area contributed by atoms with Crippen molar-refractivity contribution in [2.75, 3.05) is 31.1 Å². The van der Waals surface area contributed by atoms with Crippen LogP contribution in [0.1, 0.15) is 48.0 Å². The average Bonchev–Trinajstić information content (AvgIpc) is 3.12. The second-order valence-electron chi connectivity index (χ2n) is 9.10. The highest BCUT2D eigenvalue weighted by Crippen LogP contribution is 2.20. The minimum atomic E-state index is -0.549. The van der Waals surface area contributed by atoms with Gasteiger partial charge < -0.3 is 25.6 Å². The summed E-state index contributed by atoms with van der Waals surface area (Å²) >= 11 is 0. The van der Waals surface area contributed by atoms with E-state index in [1.807, 2.05) is 46.4 Å². The molecule has 2 heterocycles. The number of pyridine rings is 1. The Kier molecular flexibility index (Phi) is 11.5. The van der Waals surface area contributed by atoms with Crippen LogP contribution in [0.15, 0.2) is 23.3 Å². The number of carbonyl (C=O) groups excluding carboxylic acids is 1. The molecule has 0 bridgehead atoms. The third-order valence-electron chi connectivity index (χ3n) is 4.86. The maximum absolute atomic E-state index is 14.0. The number of anilines is 1. The predicted octanol–water partition coefficient (Wildman–Crippen LogP) is 3.52. The number of alkyl carbamates (subject to hydrolysis) is 1. The zero-order valence-corrected chi connectivity index (χ0v) is 22.3. The van der Waals surface area contributed by atoms with E-state index in [0.29, 0.717) is 31.4 Å². The molecule has 0 spiro atoms. The van der Waals surface area contributed by atoms with Gasteiger partial charge in [0, 0.05) is 31.9 Å². The van der Waals surface area contributed by atoms with Crippen LogP contribution in [-0.4, -0.2) is 60.9 Å².